The molecule has 1 aliphatic carbocycles. The zero-order chi connectivity index (χ0) is 27.9. The highest BCUT2D eigenvalue weighted by Gasteiger charge is 2.35. The number of carbonyl (C=O) groups is 1. The number of rotatable bonds is 7. The molecule has 2 aromatic carbocycles. The average Bonchev–Trinajstić information content (AvgIpc) is 3.70. The fourth-order valence-electron chi connectivity index (χ4n) is 5.09. The number of benzene rings is 2. The highest BCUT2D eigenvalue weighted by Crippen LogP contribution is 2.46. The van der Waals surface area contributed by atoms with Crippen molar-refractivity contribution in [3.05, 3.63) is 71.6 Å². The van der Waals surface area contributed by atoms with Gasteiger partial charge in [0.2, 0.25) is 0 Å². The fraction of sp³-hybridized carbons (Fsp3) is 0.310. The molecule has 2 aromatic heterocycles. The molecule has 0 unspecified atom stereocenters. The highest BCUT2D eigenvalue weighted by atomic mass is 19.4. The lowest BCUT2D eigenvalue weighted by Crippen LogP contribution is -2.33. The minimum absolute atomic E-state index is 0.0926. The number of hydrogen-bond donors (Lipinski definition) is 1. The van der Waals surface area contributed by atoms with Crippen molar-refractivity contribution in [2.24, 2.45) is 5.92 Å². The number of para-hydroxylation sites is 1. The van der Waals surface area contributed by atoms with Crippen molar-refractivity contribution < 1.29 is 32.3 Å². The van der Waals surface area contributed by atoms with Crippen molar-refractivity contribution in [3.63, 3.8) is 0 Å². The number of ether oxygens (including phenoxy) is 1. The third-order valence-electron chi connectivity index (χ3n) is 7.30. The lowest BCUT2D eigenvalue weighted by atomic mass is 9.94. The maximum atomic E-state index is 13.0. The molecule has 0 bridgehead atoms. The van der Waals surface area contributed by atoms with E-state index in [4.69, 9.17) is 9.63 Å². The van der Waals surface area contributed by atoms with E-state index in [9.17, 15) is 18.0 Å². The minimum Gasteiger partial charge on any atom is -0.476 e. The summed E-state index contributed by atoms with van der Waals surface area (Å²) in [5.41, 5.74) is 2.82. The molecule has 4 aromatic rings. The second-order valence-corrected chi connectivity index (χ2v) is 10.1. The molecule has 0 radical (unpaired) electrons. The monoisotopic (exact) mass is 550 g/mol. The van der Waals surface area contributed by atoms with Crippen LogP contribution in [0.3, 0.4) is 0 Å². The van der Waals surface area contributed by atoms with Crippen LogP contribution in [0.2, 0.25) is 0 Å². The van der Waals surface area contributed by atoms with E-state index in [0.717, 1.165) is 44.5 Å². The molecule has 1 saturated carbocycles. The Balaban J connectivity index is 1.19. The Morgan fingerprint density at radius 3 is 2.55 bits per heavy atom. The number of piperidine rings is 1. The van der Waals surface area contributed by atoms with Gasteiger partial charge in [-0.25, -0.2) is 4.79 Å². The molecule has 206 valence electrons. The number of fused-ring (bicyclic) bond motifs is 1. The zero-order valence-corrected chi connectivity index (χ0v) is 21.3. The summed E-state index contributed by atoms with van der Waals surface area (Å²) in [7, 11) is 0. The predicted octanol–water partition coefficient (Wildman–Crippen LogP) is 6.69. The number of carboxylic acid groups (broad SMARTS) is 1. The van der Waals surface area contributed by atoms with Crippen molar-refractivity contribution in [3.8, 4) is 17.0 Å². The van der Waals surface area contributed by atoms with Crippen LogP contribution in [-0.2, 0) is 0 Å². The first kappa shape index (κ1) is 25.8. The molecule has 0 atom stereocenters. The predicted molar refractivity (Wildman–Crippen MR) is 141 cm³/mol. The third kappa shape index (κ3) is 5.49. The maximum absolute atomic E-state index is 13.0. The molecule has 0 amide bonds. The standard InChI is InChI=1S/C29H25F3N4O4/c30-29(31,32)39-25-4-2-1-3-21(25)26-22(27(40-35-26)18-6-7-18)10-5-17-11-13-36(14-12-17)20-9-8-19-15-24(28(37)38)34-33-23(19)16-20/h1-5,8-10,15-18H,6-7,11-14H2,(H,37,38)/b10-5+. The number of nitrogens with zero attached hydrogens (tertiary/aromatic N) is 4. The van der Waals surface area contributed by atoms with E-state index in [0.29, 0.717) is 27.9 Å². The Labute approximate surface area is 227 Å². The first-order chi connectivity index (χ1) is 19.2. The second kappa shape index (κ2) is 10.3. The first-order valence-corrected chi connectivity index (χ1v) is 13.0. The smallest absolute Gasteiger partial charge is 0.476 e. The van der Waals surface area contributed by atoms with Crippen LogP contribution in [0.25, 0.3) is 28.2 Å². The van der Waals surface area contributed by atoms with Gasteiger partial charge in [0.05, 0.1) is 5.52 Å². The Bertz CT molecular complexity index is 1590. The Morgan fingerprint density at radius 1 is 1.05 bits per heavy atom. The van der Waals surface area contributed by atoms with E-state index in [1.165, 1.54) is 18.2 Å². The first-order valence-electron chi connectivity index (χ1n) is 13.0. The van der Waals surface area contributed by atoms with Crippen molar-refractivity contribution in [1.29, 1.82) is 0 Å². The molecule has 2 fully saturated rings. The van der Waals surface area contributed by atoms with Crippen molar-refractivity contribution >= 4 is 28.6 Å². The van der Waals surface area contributed by atoms with Crippen molar-refractivity contribution in [1.82, 2.24) is 15.4 Å². The molecule has 1 N–H and O–H groups in total. The van der Waals surface area contributed by atoms with Crippen LogP contribution in [0.15, 0.2) is 59.1 Å². The summed E-state index contributed by atoms with van der Waals surface area (Å²) in [6.45, 7) is 1.60. The fourth-order valence-corrected chi connectivity index (χ4v) is 5.09. The van der Waals surface area contributed by atoms with Crippen molar-refractivity contribution in [2.45, 2.75) is 38.0 Å². The van der Waals surface area contributed by atoms with Crippen LogP contribution in [0.4, 0.5) is 18.9 Å². The molecular weight excluding hydrogens is 525 g/mol. The largest absolute Gasteiger partial charge is 0.573 e. The van der Waals surface area contributed by atoms with E-state index >= 15 is 0 Å². The van der Waals surface area contributed by atoms with Gasteiger partial charge in [0.15, 0.2) is 5.69 Å². The van der Waals surface area contributed by atoms with Crippen LogP contribution < -0.4 is 9.64 Å². The number of alkyl halides is 3. The van der Waals surface area contributed by atoms with Gasteiger partial charge in [-0.2, -0.15) is 0 Å². The number of hydrogen-bond acceptors (Lipinski definition) is 7. The van der Waals surface area contributed by atoms with Crippen LogP contribution in [-0.4, -0.2) is 45.9 Å². The van der Waals surface area contributed by atoms with Crippen molar-refractivity contribution in [2.75, 3.05) is 18.0 Å². The molecule has 3 heterocycles. The van der Waals surface area contributed by atoms with E-state index < -0.39 is 12.3 Å². The Hall–Kier alpha value is -4.41. The minimum atomic E-state index is -4.82. The lowest BCUT2D eigenvalue weighted by molar-refractivity contribution is -0.274. The normalized spacial score (nSPS) is 16.6. The molecule has 6 rings (SSSR count). The van der Waals surface area contributed by atoms with Gasteiger partial charge < -0.3 is 19.3 Å². The second-order valence-electron chi connectivity index (χ2n) is 10.1. The molecule has 0 spiro atoms. The molecule has 8 nitrogen and oxygen atoms in total. The number of halogens is 3. The molecule has 40 heavy (non-hydrogen) atoms. The SMILES string of the molecule is O=C(O)c1cc2ccc(N3CCC(/C=C/c4c(-c5ccccc5OC(F)(F)F)noc4C4CC4)CC3)cc2nn1. The van der Waals surface area contributed by atoms with Crippen LogP contribution in [0, 0.1) is 5.92 Å². The van der Waals surface area contributed by atoms with Gasteiger partial charge in [-0.1, -0.05) is 35.5 Å². The molecule has 2 aliphatic rings. The van der Waals surface area contributed by atoms with Gasteiger partial charge in [-0.05, 0) is 61.9 Å². The van der Waals surface area contributed by atoms with Gasteiger partial charge in [-0.3, -0.25) is 0 Å². The van der Waals surface area contributed by atoms with Gasteiger partial charge in [-0.15, -0.1) is 23.4 Å². The lowest BCUT2D eigenvalue weighted by Gasteiger charge is -2.32. The summed E-state index contributed by atoms with van der Waals surface area (Å²) in [4.78, 5) is 13.4. The van der Waals surface area contributed by atoms with Gasteiger partial charge in [0.25, 0.3) is 0 Å². The number of aromatic nitrogens is 3. The summed E-state index contributed by atoms with van der Waals surface area (Å²) in [5.74, 6) is -0.233. The summed E-state index contributed by atoms with van der Waals surface area (Å²) < 4.78 is 49.0. The van der Waals surface area contributed by atoms with Gasteiger partial charge in [0, 0.05) is 41.2 Å². The Morgan fingerprint density at radius 2 is 1.82 bits per heavy atom. The number of aromatic carboxylic acids is 1. The van der Waals surface area contributed by atoms with Crippen LogP contribution in [0.5, 0.6) is 5.75 Å². The Kier molecular flexibility index (Phi) is 6.65. The number of anilines is 1. The van der Waals surface area contributed by atoms with E-state index in [-0.39, 0.29) is 28.8 Å². The molecule has 1 saturated heterocycles. The van der Waals surface area contributed by atoms with Gasteiger partial charge >= 0.3 is 12.3 Å². The quantitative estimate of drug-likeness (QED) is 0.272. The van der Waals surface area contributed by atoms with Crippen LogP contribution >= 0.6 is 0 Å². The zero-order valence-electron chi connectivity index (χ0n) is 21.3. The average molecular weight is 551 g/mol. The summed E-state index contributed by atoms with van der Waals surface area (Å²) in [5, 5.41) is 21.9. The number of carboxylic acids is 1. The topological polar surface area (TPSA) is 102 Å². The van der Waals surface area contributed by atoms with E-state index in [2.05, 4.69) is 31.1 Å². The highest BCUT2D eigenvalue weighted by molar-refractivity contribution is 5.91. The van der Waals surface area contributed by atoms with Crippen LogP contribution in [0.1, 0.15) is 53.4 Å². The molecule has 1 aliphatic heterocycles. The maximum Gasteiger partial charge on any atom is 0.573 e. The van der Waals surface area contributed by atoms with E-state index in [1.54, 1.807) is 12.1 Å². The third-order valence-corrected chi connectivity index (χ3v) is 7.30. The summed E-state index contributed by atoms with van der Waals surface area (Å²) in [6.07, 6.45) is 2.91. The van der Waals surface area contributed by atoms with Gasteiger partial charge in [0.1, 0.15) is 17.2 Å². The molecular formula is C29H25F3N4O4. The summed E-state index contributed by atoms with van der Waals surface area (Å²) >= 11 is 0. The number of allylic oxidation sites excluding steroid dienone is 1. The summed E-state index contributed by atoms with van der Waals surface area (Å²) in [6, 6.07) is 13.2. The van der Waals surface area contributed by atoms with E-state index in [1.807, 2.05) is 24.3 Å². The molecule has 11 heteroatoms.